The molecule has 1 fully saturated rings. The first-order valence-electron chi connectivity index (χ1n) is 4.84. The molecule has 1 amide bonds. The van der Waals surface area contributed by atoms with E-state index >= 15 is 0 Å². The summed E-state index contributed by atoms with van der Waals surface area (Å²) in [7, 11) is 1.88. The molecule has 1 saturated heterocycles. The molecule has 1 atom stereocenters. The number of nitrogens with one attached hydrogen (secondary N) is 1. The molecule has 1 N–H and O–H groups in total. The van der Waals surface area contributed by atoms with Gasteiger partial charge in [-0.05, 0) is 26.9 Å². The Balaban J connectivity index is 2.40. The Hall–Kier alpha value is -0.610. The first kappa shape index (κ1) is 10.5. The predicted octanol–water partition coefficient (Wildman–Crippen LogP) is -0.157. The molecule has 1 rings (SSSR count). The first-order chi connectivity index (χ1) is 6.29. The van der Waals surface area contributed by atoms with E-state index in [0.717, 1.165) is 26.1 Å². The molecular weight excluding hydrogens is 168 g/mol. The zero-order valence-corrected chi connectivity index (χ0v) is 8.38. The van der Waals surface area contributed by atoms with Gasteiger partial charge in [-0.3, -0.25) is 4.79 Å². The minimum Gasteiger partial charge on any atom is -0.366 e. The summed E-state index contributed by atoms with van der Waals surface area (Å²) in [5, 5.41) is 3.02. The van der Waals surface area contributed by atoms with E-state index in [-0.39, 0.29) is 12.0 Å². The summed E-state index contributed by atoms with van der Waals surface area (Å²) < 4.78 is 5.39. The molecule has 0 aromatic heterocycles. The third kappa shape index (κ3) is 2.67. The second-order valence-corrected chi connectivity index (χ2v) is 3.17. The van der Waals surface area contributed by atoms with Gasteiger partial charge in [-0.1, -0.05) is 0 Å². The number of rotatable bonds is 4. The molecular formula is C9H18N2O2. The molecule has 76 valence electrons. The van der Waals surface area contributed by atoms with E-state index < -0.39 is 0 Å². The molecule has 1 unspecified atom stereocenters. The number of likely N-dealkylation sites (N-methyl/N-ethyl adjacent to an activating group) is 1. The van der Waals surface area contributed by atoms with Crippen molar-refractivity contribution in [1.82, 2.24) is 10.2 Å². The highest BCUT2D eigenvalue weighted by molar-refractivity contribution is 5.81. The largest absolute Gasteiger partial charge is 0.366 e. The molecule has 1 aliphatic heterocycles. The summed E-state index contributed by atoms with van der Waals surface area (Å²) in [4.78, 5) is 13.5. The molecule has 0 bridgehead atoms. The molecule has 0 radical (unpaired) electrons. The highest BCUT2D eigenvalue weighted by atomic mass is 16.5. The number of nitrogens with zero attached hydrogens (tertiary/aromatic N) is 1. The van der Waals surface area contributed by atoms with Crippen LogP contribution in [0.25, 0.3) is 0 Å². The lowest BCUT2D eigenvalue weighted by Crippen LogP contribution is -2.48. The molecule has 4 heteroatoms. The molecule has 0 aromatic carbocycles. The number of hydrogen-bond acceptors (Lipinski definition) is 3. The van der Waals surface area contributed by atoms with Crippen molar-refractivity contribution in [3.05, 3.63) is 0 Å². The van der Waals surface area contributed by atoms with Crippen LogP contribution in [0.3, 0.4) is 0 Å². The molecule has 13 heavy (non-hydrogen) atoms. The summed E-state index contributed by atoms with van der Waals surface area (Å²) in [5.41, 5.74) is 0. The number of morpholine rings is 1. The number of carbonyl (C=O) groups is 1. The molecule has 0 aromatic rings. The van der Waals surface area contributed by atoms with Crippen molar-refractivity contribution in [2.75, 3.05) is 33.3 Å². The summed E-state index contributed by atoms with van der Waals surface area (Å²) in [6, 6.07) is 0. The van der Waals surface area contributed by atoms with Crippen LogP contribution in [0.5, 0.6) is 0 Å². The van der Waals surface area contributed by atoms with Gasteiger partial charge in [0.1, 0.15) is 6.10 Å². The fourth-order valence-corrected chi connectivity index (χ4v) is 1.49. The van der Waals surface area contributed by atoms with Crippen molar-refractivity contribution in [2.45, 2.75) is 19.4 Å². The SMILES string of the molecule is CCN1CCOC(CCNC)C1=O. The Labute approximate surface area is 79.2 Å². The van der Waals surface area contributed by atoms with Crippen LogP contribution < -0.4 is 5.32 Å². The van der Waals surface area contributed by atoms with E-state index in [9.17, 15) is 4.79 Å². The van der Waals surface area contributed by atoms with Crippen LogP contribution in [0.2, 0.25) is 0 Å². The molecule has 1 heterocycles. The van der Waals surface area contributed by atoms with Gasteiger partial charge in [0.05, 0.1) is 6.61 Å². The van der Waals surface area contributed by atoms with Crippen LogP contribution >= 0.6 is 0 Å². The lowest BCUT2D eigenvalue weighted by atomic mass is 10.2. The zero-order chi connectivity index (χ0) is 9.68. The third-order valence-corrected chi connectivity index (χ3v) is 2.31. The number of amides is 1. The van der Waals surface area contributed by atoms with Gasteiger partial charge in [-0.15, -0.1) is 0 Å². The Morgan fingerprint density at radius 3 is 3.08 bits per heavy atom. The highest BCUT2D eigenvalue weighted by Crippen LogP contribution is 2.09. The summed E-state index contributed by atoms with van der Waals surface area (Å²) in [6.07, 6.45) is 0.549. The van der Waals surface area contributed by atoms with Crippen LogP contribution in [0.1, 0.15) is 13.3 Å². The van der Waals surface area contributed by atoms with Gasteiger partial charge >= 0.3 is 0 Å². The van der Waals surface area contributed by atoms with Crippen LogP contribution in [-0.2, 0) is 9.53 Å². The minimum atomic E-state index is -0.221. The van der Waals surface area contributed by atoms with Gasteiger partial charge < -0.3 is 15.0 Å². The molecule has 0 saturated carbocycles. The average molecular weight is 186 g/mol. The van der Waals surface area contributed by atoms with Crippen LogP contribution in [0, 0.1) is 0 Å². The summed E-state index contributed by atoms with van der Waals surface area (Å²) in [5.74, 6) is 0.143. The maximum atomic E-state index is 11.6. The first-order valence-corrected chi connectivity index (χ1v) is 4.84. The Kier molecular flexibility index (Phi) is 4.18. The Bertz CT molecular complexity index is 173. The fraction of sp³-hybridized carbons (Fsp3) is 0.889. The molecule has 4 nitrogen and oxygen atoms in total. The monoisotopic (exact) mass is 186 g/mol. The predicted molar refractivity (Wildman–Crippen MR) is 50.5 cm³/mol. The van der Waals surface area contributed by atoms with Gasteiger partial charge in [0.15, 0.2) is 0 Å². The quantitative estimate of drug-likeness (QED) is 0.663. The van der Waals surface area contributed by atoms with Crippen molar-refractivity contribution >= 4 is 5.91 Å². The Morgan fingerprint density at radius 1 is 1.69 bits per heavy atom. The van der Waals surface area contributed by atoms with Crippen molar-refractivity contribution in [1.29, 1.82) is 0 Å². The second-order valence-electron chi connectivity index (χ2n) is 3.17. The van der Waals surface area contributed by atoms with Gasteiger partial charge in [-0.25, -0.2) is 0 Å². The molecule has 1 aliphatic rings. The normalized spacial score (nSPS) is 23.7. The third-order valence-electron chi connectivity index (χ3n) is 2.31. The van der Waals surface area contributed by atoms with Crippen molar-refractivity contribution in [2.24, 2.45) is 0 Å². The number of carbonyl (C=O) groups excluding carboxylic acids is 1. The fourth-order valence-electron chi connectivity index (χ4n) is 1.49. The highest BCUT2D eigenvalue weighted by Gasteiger charge is 2.27. The molecule has 0 spiro atoms. The van der Waals surface area contributed by atoms with Crippen LogP contribution in [0.15, 0.2) is 0 Å². The van der Waals surface area contributed by atoms with Crippen LogP contribution in [0.4, 0.5) is 0 Å². The van der Waals surface area contributed by atoms with Gasteiger partial charge in [0.2, 0.25) is 0 Å². The lowest BCUT2D eigenvalue weighted by Gasteiger charge is -2.31. The maximum absolute atomic E-state index is 11.6. The topological polar surface area (TPSA) is 41.6 Å². The lowest BCUT2D eigenvalue weighted by molar-refractivity contribution is -0.152. The Morgan fingerprint density at radius 2 is 2.46 bits per heavy atom. The van der Waals surface area contributed by atoms with Gasteiger partial charge in [-0.2, -0.15) is 0 Å². The van der Waals surface area contributed by atoms with Gasteiger partial charge in [0.25, 0.3) is 5.91 Å². The smallest absolute Gasteiger partial charge is 0.251 e. The standard InChI is InChI=1S/C9H18N2O2/c1-3-11-6-7-13-8(9(11)12)4-5-10-2/h8,10H,3-7H2,1-2H3. The van der Waals surface area contributed by atoms with E-state index in [0.29, 0.717) is 6.61 Å². The van der Waals surface area contributed by atoms with E-state index in [4.69, 9.17) is 4.74 Å². The summed E-state index contributed by atoms with van der Waals surface area (Å²) >= 11 is 0. The maximum Gasteiger partial charge on any atom is 0.251 e. The minimum absolute atomic E-state index is 0.143. The van der Waals surface area contributed by atoms with E-state index in [1.165, 1.54) is 0 Å². The van der Waals surface area contributed by atoms with Crippen LogP contribution in [-0.4, -0.2) is 50.2 Å². The van der Waals surface area contributed by atoms with Crippen molar-refractivity contribution in [3.63, 3.8) is 0 Å². The van der Waals surface area contributed by atoms with Crippen molar-refractivity contribution < 1.29 is 9.53 Å². The number of hydrogen-bond donors (Lipinski definition) is 1. The van der Waals surface area contributed by atoms with Crippen molar-refractivity contribution in [3.8, 4) is 0 Å². The van der Waals surface area contributed by atoms with E-state index in [1.54, 1.807) is 0 Å². The summed E-state index contributed by atoms with van der Waals surface area (Å²) in [6.45, 7) is 5.03. The van der Waals surface area contributed by atoms with E-state index in [2.05, 4.69) is 5.32 Å². The second kappa shape index (κ2) is 5.19. The molecule has 0 aliphatic carbocycles. The zero-order valence-electron chi connectivity index (χ0n) is 8.38. The number of ether oxygens (including phenoxy) is 1. The average Bonchev–Trinajstić information content (AvgIpc) is 2.16. The van der Waals surface area contributed by atoms with E-state index in [1.807, 2.05) is 18.9 Å². The van der Waals surface area contributed by atoms with Gasteiger partial charge in [0, 0.05) is 13.1 Å².